The summed E-state index contributed by atoms with van der Waals surface area (Å²) in [6.45, 7) is 1.57. The van der Waals surface area contributed by atoms with Gasteiger partial charge < -0.3 is 4.74 Å². The second-order valence-electron chi connectivity index (χ2n) is 7.02. The van der Waals surface area contributed by atoms with Crippen LogP contribution in [0.3, 0.4) is 0 Å². The minimum atomic E-state index is -0.787. The van der Waals surface area contributed by atoms with Crippen LogP contribution in [0.4, 0.5) is 0 Å². The van der Waals surface area contributed by atoms with Crippen molar-refractivity contribution in [2.75, 3.05) is 6.61 Å². The Kier molecular flexibility index (Phi) is 6.48. The van der Waals surface area contributed by atoms with Crippen molar-refractivity contribution in [1.29, 1.82) is 0 Å². The highest BCUT2D eigenvalue weighted by Crippen LogP contribution is 2.24. The van der Waals surface area contributed by atoms with Crippen molar-refractivity contribution in [3.05, 3.63) is 99.2 Å². The molecule has 0 radical (unpaired) electrons. The molecular weight excluding hydrogens is 494 g/mol. The van der Waals surface area contributed by atoms with Gasteiger partial charge in [-0.3, -0.25) is 4.79 Å². The lowest BCUT2D eigenvalue weighted by Crippen LogP contribution is -2.15. The highest BCUT2D eigenvalue weighted by Gasteiger charge is 2.21. The van der Waals surface area contributed by atoms with Crippen molar-refractivity contribution in [2.24, 2.45) is 0 Å². The van der Waals surface area contributed by atoms with Gasteiger partial charge in [-0.05, 0) is 43.3 Å². The van der Waals surface area contributed by atoms with Crippen molar-refractivity contribution in [1.82, 2.24) is 14.8 Å². The number of aromatic nitrogens is 3. The Hall–Kier alpha value is -3.29. The van der Waals surface area contributed by atoms with Crippen LogP contribution in [0.1, 0.15) is 26.5 Å². The Morgan fingerprint density at radius 1 is 1.03 bits per heavy atom. The molecule has 0 fully saturated rings. The first-order valence-electron chi connectivity index (χ1n) is 9.66. The number of ether oxygens (including phenoxy) is 1. The van der Waals surface area contributed by atoms with Gasteiger partial charge in [0.25, 0.3) is 5.82 Å². The van der Waals surface area contributed by atoms with E-state index in [0.717, 1.165) is 15.7 Å². The molecule has 0 aliphatic carbocycles. The first-order valence-corrected chi connectivity index (χ1v) is 10.8. The Balaban J connectivity index is 1.61. The first-order chi connectivity index (χ1) is 15.4. The number of esters is 1. The molecule has 32 heavy (non-hydrogen) atoms. The number of carbonyl (C=O) groups excluding carboxylic acids is 2. The van der Waals surface area contributed by atoms with Crippen molar-refractivity contribution < 1.29 is 14.3 Å². The molecule has 0 bridgehead atoms. The Morgan fingerprint density at radius 3 is 2.44 bits per heavy atom. The van der Waals surface area contributed by atoms with Gasteiger partial charge in [0.1, 0.15) is 0 Å². The molecule has 1 aromatic heterocycles. The number of hydrogen-bond acceptors (Lipinski definition) is 5. The summed E-state index contributed by atoms with van der Waals surface area (Å²) in [6, 6.07) is 21.5. The largest absolute Gasteiger partial charge is 0.451 e. The second kappa shape index (κ2) is 9.46. The second-order valence-corrected chi connectivity index (χ2v) is 8.38. The molecule has 0 amide bonds. The van der Waals surface area contributed by atoms with Crippen LogP contribution in [0, 0.1) is 6.92 Å². The molecule has 0 N–H and O–H groups in total. The number of hydrogen-bond donors (Lipinski definition) is 0. The van der Waals surface area contributed by atoms with Crippen molar-refractivity contribution >= 4 is 39.3 Å². The topological polar surface area (TPSA) is 74.1 Å². The van der Waals surface area contributed by atoms with Crippen LogP contribution >= 0.6 is 27.5 Å². The van der Waals surface area contributed by atoms with Crippen LogP contribution in [0.5, 0.6) is 0 Å². The summed E-state index contributed by atoms with van der Waals surface area (Å²) in [6.07, 6.45) is 0. The molecule has 8 heteroatoms. The van der Waals surface area contributed by atoms with Crippen LogP contribution in [-0.4, -0.2) is 33.1 Å². The fourth-order valence-corrected chi connectivity index (χ4v) is 3.45. The maximum atomic E-state index is 12.6. The summed E-state index contributed by atoms with van der Waals surface area (Å²) in [5.74, 6) is -0.824. The third-order valence-electron chi connectivity index (χ3n) is 4.65. The van der Waals surface area contributed by atoms with Crippen LogP contribution in [0.25, 0.3) is 17.1 Å². The van der Waals surface area contributed by atoms with E-state index in [4.69, 9.17) is 16.3 Å². The number of Topliss-reactive ketones (excluding diaryl/α,β-unsaturated/α-hetero) is 1. The van der Waals surface area contributed by atoms with E-state index in [9.17, 15) is 9.59 Å². The predicted molar refractivity (Wildman–Crippen MR) is 125 cm³/mol. The molecular formula is C24H17BrClN3O3. The van der Waals surface area contributed by atoms with E-state index in [-0.39, 0.29) is 11.6 Å². The first kappa shape index (κ1) is 21.9. The van der Waals surface area contributed by atoms with Crippen molar-refractivity contribution in [3.63, 3.8) is 0 Å². The van der Waals surface area contributed by atoms with Gasteiger partial charge in [0.15, 0.2) is 18.2 Å². The van der Waals surface area contributed by atoms with Gasteiger partial charge in [-0.25, -0.2) is 14.5 Å². The SMILES string of the molecule is Cc1ccc(-n2nc(C(=O)OCC(=O)c3ccc(Br)cc3)nc2-c2cccc(Cl)c2)cc1. The molecule has 0 atom stereocenters. The average molecular weight is 511 g/mol. The fourth-order valence-electron chi connectivity index (χ4n) is 2.99. The predicted octanol–water partition coefficient (Wildman–Crippen LogP) is 5.70. The lowest BCUT2D eigenvalue weighted by Gasteiger charge is -2.06. The van der Waals surface area contributed by atoms with Gasteiger partial charge >= 0.3 is 5.97 Å². The van der Waals surface area contributed by atoms with Crippen molar-refractivity contribution in [2.45, 2.75) is 6.92 Å². The zero-order valence-corrected chi connectivity index (χ0v) is 19.3. The maximum absolute atomic E-state index is 12.6. The van der Waals surface area contributed by atoms with Gasteiger partial charge in [-0.1, -0.05) is 69.5 Å². The Morgan fingerprint density at radius 2 is 1.75 bits per heavy atom. The zero-order chi connectivity index (χ0) is 22.7. The van der Waals surface area contributed by atoms with Crippen LogP contribution in [0.2, 0.25) is 5.02 Å². The number of halogens is 2. The van der Waals surface area contributed by atoms with E-state index in [1.807, 2.05) is 37.3 Å². The fraction of sp³-hybridized carbons (Fsp3) is 0.0833. The Labute approximate surface area is 197 Å². The quantitative estimate of drug-likeness (QED) is 0.246. The zero-order valence-electron chi connectivity index (χ0n) is 17.0. The third kappa shape index (κ3) is 4.95. The summed E-state index contributed by atoms with van der Waals surface area (Å²) >= 11 is 9.47. The number of nitrogens with zero attached hydrogens (tertiary/aromatic N) is 3. The molecule has 0 spiro atoms. The van der Waals surface area contributed by atoms with E-state index in [2.05, 4.69) is 26.0 Å². The van der Waals surface area contributed by atoms with E-state index < -0.39 is 12.6 Å². The lowest BCUT2D eigenvalue weighted by atomic mass is 10.1. The van der Waals surface area contributed by atoms with Crippen LogP contribution < -0.4 is 0 Å². The Bertz CT molecular complexity index is 1280. The minimum Gasteiger partial charge on any atom is -0.451 e. The minimum absolute atomic E-state index is 0.149. The van der Waals surface area contributed by atoms with Gasteiger partial charge in [-0.15, -0.1) is 5.10 Å². The lowest BCUT2D eigenvalue weighted by molar-refractivity contribution is 0.0462. The molecule has 3 aromatic carbocycles. The number of carbonyl (C=O) groups is 2. The highest BCUT2D eigenvalue weighted by molar-refractivity contribution is 9.10. The average Bonchev–Trinajstić information content (AvgIpc) is 3.24. The molecule has 0 unspecified atom stereocenters. The number of benzene rings is 3. The van der Waals surface area contributed by atoms with Gasteiger partial charge in [0.2, 0.25) is 0 Å². The summed E-state index contributed by atoms with van der Waals surface area (Å²) in [4.78, 5) is 29.3. The van der Waals surface area contributed by atoms with Crippen LogP contribution in [0.15, 0.2) is 77.3 Å². The monoisotopic (exact) mass is 509 g/mol. The van der Waals surface area contributed by atoms with Gasteiger partial charge in [-0.2, -0.15) is 0 Å². The van der Waals surface area contributed by atoms with E-state index in [1.54, 1.807) is 47.1 Å². The number of rotatable bonds is 6. The van der Waals surface area contributed by atoms with E-state index >= 15 is 0 Å². The maximum Gasteiger partial charge on any atom is 0.378 e. The normalized spacial score (nSPS) is 10.7. The summed E-state index contributed by atoms with van der Waals surface area (Å²) in [5, 5.41) is 4.88. The summed E-state index contributed by atoms with van der Waals surface area (Å²) < 4.78 is 7.60. The summed E-state index contributed by atoms with van der Waals surface area (Å²) in [5.41, 5.74) is 2.95. The standard InChI is InChI=1S/C24H17BrClN3O3/c1-15-5-11-20(12-6-15)29-23(17-3-2-4-19(26)13-17)27-22(28-29)24(31)32-14-21(30)16-7-9-18(25)10-8-16/h2-13H,14H2,1H3. The highest BCUT2D eigenvalue weighted by atomic mass is 79.9. The molecule has 0 aliphatic heterocycles. The van der Waals surface area contributed by atoms with E-state index in [0.29, 0.717) is 22.0 Å². The van der Waals surface area contributed by atoms with Crippen molar-refractivity contribution in [3.8, 4) is 17.1 Å². The molecule has 1 heterocycles. The number of ketones is 1. The smallest absolute Gasteiger partial charge is 0.378 e. The molecule has 0 aliphatic rings. The molecule has 0 saturated carbocycles. The number of aryl methyl sites for hydroxylation is 1. The van der Waals surface area contributed by atoms with Gasteiger partial charge in [0, 0.05) is 20.6 Å². The van der Waals surface area contributed by atoms with Crippen LogP contribution in [-0.2, 0) is 4.74 Å². The molecule has 6 nitrogen and oxygen atoms in total. The summed E-state index contributed by atoms with van der Waals surface area (Å²) in [7, 11) is 0. The third-order valence-corrected chi connectivity index (χ3v) is 5.42. The molecule has 4 rings (SSSR count). The van der Waals surface area contributed by atoms with E-state index in [1.165, 1.54) is 0 Å². The molecule has 0 saturated heterocycles. The molecule has 4 aromatic rings. The van der Waals surface area contributed by atoms with Gasteiger partial charge in [0.05, 0.1) is 5.69 Å². The molecule has 160 valence electrons.